The number of likely N-dealkylation sites (tertiary alicyclic amines) is 1. The van der Waals surface area contributed by atoms with E-state index in [2.05, 4.69) is 6.92 Å². The number of rotatable bonds is 5. The van der Waals surface area contributed by atoms with Crippen molar-refractivity contribution in [2.45, 2.75) is 32.7 Å². The van der Waals surface area contributed by atoms with Crippen LogP contribution in [0, 0.1) is 5.92 Å². The van der Waals surface area contributed by atoms with Gasteiger partial charge < -0.3 is 20.1 Å². The van der Waals surface area contributed by atoms with E-state index in [9.17, 15) is 4.79 Å². The summed E-state index contributed by atoms with van der Waals surface area (Å²) in [6.07, 6.45) is 1.99. The van der Waals surface area contributed by atoms with Crippen molar-refractivity contribution in [3.63, 3.8) is 0 Å². The Balaban J connectivity index is 2.21. The fraction of sp³-hybridized carbons (Fsp3) is 0.588. The average Bonchev–Trinajstić information content (AvgIpc) is 2.54. The predicted molar refractivity (Wildman–Crippen MR) is 86.4 cm³/mol. The molecular formula is C17H26N2O3. The molecule has 0 bridgehead atoms. The molecule has 5 nitrogen and oxygen atoms in total. The first kappa shape index (κ1) is 16.6. The van der Waals surface area contributed by atoms with Crippen molar-refractivity contribution >= 4 is 5.91 Å². The zero-order valence-electron chi connectivity index (χ0n) is 13.7. The molecule has 0 aliphatic carbocycles. The quantitative estimate of drug-likeness (QED) is 0.906. The van der Waals surface area contributed by atoms with E-state index in [1.807, 2.05) is 11.8 Å². The molecule has 1 aromatic carbocycles. The van der Waals surface area contributed by atoms with Gasteiger partial charge in [-0.15, -0.1) is 0 Å². The number of benzene rings is 1. The van der Waals surface area contributed by atoms with Gasteiger partial charge in [0.25, 0.3) is 5.91 Å². The van der Waals surface area contributed by atoms with Gasteiger partial charge in [-0.2, -0.15) is 0 Å². The second-order valence-electron chi connectivity index (χ2n) is 5.82. The molecule has 2 atom stereocenters. The molecule has 22 heavy (non-hydrogen) atoms. The second-order valence-corrected chi connectivity index (χ2v) is 5.82. The highest BCUT2D eigenvalue weighted by Gasteiger charge is 2.29. The summed E-state index contributed by atoms with van der Waals surface area (Å²) >= 11 is 0. The minimum absolute atomic E-state index is 0.0173. The predicted octanol–water partition coefficient (Wildman–Crippen LogP) is 2.29. The minimum atomic E-state index is 0.0173. The van der Waals surface area contributed by atoms with Crippen LogP contribution in [0.3, 0.4) is 0 Å². The number of hydrogen-bond donors (Lipinski definition) is 1. The molecule has 1 fully saturated rings. The third-order valence-electron chi connectivity index (χ3n) is 4.22. The van der Waals surface area contributed by atoms with E-state index in [-0.39, 0.29) is 11.9 Å². The third-order valence-corrected chi connectivity index (χ3v) is 4.22. The number of nitrogens with two attached hydrogens (primary N) is 1. The Morgan fingerprint density at radius 3 is 2.82 bits per heavy atom. The monoisotopic (exact) mass is 306 g/mol. The van der Waals surface area contributed by atoms with Crippen LogP contribution >= 0.6 is 0 Å². The lowest BCUT2D eigenvalue weighted by atomic mass is 9.92. The Bertz CT molecular complexity index is 519. The lowest BCUT2D eigenvalue weighted by Gasteiger charge is -2.38. The van der Waals surface area contributed by atoms with Crippen LogP contribution in [0.1, 0.15) is 37.0 Å². The van der Waals surface area contributed by atoms with E-state index >= 15 is 0 Å². The summed E-state index contributed by atoms with van der Waals surface area (Å²) in [7, 11) is 1.58. The topological polar surface area (TPSA) is 64.8 Å². The van der Waals surface area contributed by atoms with Crippen molar-refractivity contribution in [2.75, 3.05) is 26.8 Å². The first-order valence-electron chi connectivity index (χ1n) is 7.92. The summed E-state index contributed by atoms with van der Waals surface area (Å²) in [5.74, 6) is 1.88. The van der Waals surface area contributed by atoms with Gasteiger partial charge in [0.15, 0.2) is 11.5 Å². The Morgan fingerprint density at radius 2 is 2.18 bits per heavy atom. The molecule has 2 rings (SSSR count). The van der Waals surface area contributed by atoms with Gasteiger partial charge >= 0.3 is 0 Å². The van der Waals surface area contributed by atoms with Crippen LogP contribution in [0.5, 0.6) is 11.5 Å². The molecule has 1 aromatic rings. The van der Waals surface area contributed by atoms with Gasteiger partial charge in [-0.3, -0.25) is 4.79 Å². The van der Waals surface area contributed by atoms with E-state index in [4.69, 9.17) is 15.2 Å². The number of hydrogen-bond acceptors (Lipinski definition) is 4. The molecule has 0 saturated carbocycles. The molecule has 1 heterocycles. The number of nitrogens with zero attached hydrogens (tertiary/aromatic N) is 1. The second kappa shape index (κ2) is 7.49. The van der Waals surface area contributed by atoms with Gasteiger partial charge in [-0.1, -0.05) is 6.92 Å². The van der Waals surface area contributed by atoms with Crippen molar-refractivity contribution in [3.05, 3.63) is 23.8 Å². The molecule has 2 N–H and O–H groups in total. The van der Waals surface area contributed by atoms with Crippen molar-refractivity contribution < 1.29 is 14.3 Å². The van der Waals surface area contributed by atoms with Gasteiger partial charge in [0.2, 0.25) is 0 Å². The lowest BCUT2D eigenvalue weighted by molar-refractivity contribution is 0.0573. The third kappa shape index (κ3) is 3.53. The SMILES string of the molecule is CCOc1ccc(C(=O)N2CCC(C)CC2CN)cc1OC. The fourth-order valence-corrected chi connectivity index (χ4v) is 2.98. The molecule has 1 saturated heterocycles. The summed E-state index contributed by atoms with van der Waals surface area (Å²) in [4.78, 5) is 14.7. The molecule has 0 aromatic heterocycles. The van der Waals surface area contributed by atoms with Gasteiger partial charge in [-0.25, -0.2) is 0 Å². The standard InChI is InChI=1S/C17H26N2O3/c1-4-22-15-6-5-13(10-16(15)21-3)17(20)19-8-7-12(2)9-14(19)11-18/h5-6,10,12,14H,4,7-9,11,18H2,1-3H3. The Hall–Kier alpha value is -1.75. The van der Waals surface area contributed by atoms with Crippen LogP contribution < -0.4 is 15.2 Å². The summed E-state index contributed by atoms with van der Waals surface area (Å²) in [6.45, 7) is 5.95. The highest BCUT2D eigenvalue weighted by atomic mass is 16.5. The summed E-state index contributed by atoms with van der Waals surface area (Å²) in [5.41, 5.74) is 6.47. The maximum absolute atomic E-state index is 12.8. The van der Waals surface area contributed by atoms with Gasteiger partial charge in [0.05, 0.1) is 13.7 Å². The van der Waals surface area contributed by atoms with Crippen molar-refractivity contribution in [2.24, 2.45) is 11.7 Å². The maximum atomic E-state index is 12.8. The number of amides is 1. The van der Waals surface area contributed by atoms with Crippen LogP contribution in [0.25, 0.3) is 0 Å². The molecule has 122 valence electrons. The highest BCUT2D eigenvalue weighted by Crippen LogP contribution is 2.30. The smallest absolute Gasteiger partial charge is 0.254 e. The molecule has 5 heteroatoms. The van der Waals surface area contributed by atoms with Crippen molar-refractivity contribution in [3.8, 4) is 11.5 Å². The van der Waals surface area contributed by atoms with Gasteiger partial charge in [-0.05, 0) is 43.9 Å². The first-order chi connectivity index (χ1) is 10.6. The van der Waals surface area contributed by atoms with Crippen LogP contribution in [0.2, 0.25) is 0 Å². The zero-order chi connectivity index (χ0) is 16.1. The van der Waals surface area contributed by atoms with Crippen LogP contribution in [-0.4, -0.2) is 43.7 Å². The Morgan fingerprint density at radius 1 is 1.41 bits per heavy atom. The first-order valence-corrected chi connectivity index (χ1v) is 7.92. The van der Waals surface area contributed by atoms with Gasteiger partial charge in [0.1, 0.15) is 0 Å². The molecule has 1 amide bonds. The molecule has 1 aliphatic rings. The average molecular weight is 306 g/mol. The normalized spacial score (nSPS) is 21.5. The van der Waals surface area contributed by atoms with Crippen LogP contribution in [0.15, 0.2) is 18.2 Å². The number of ether oxygens (including phenoxy) is 2. The number of carbonyl (C=O) groups excluding carboxylic acids is 1. The molecule has 1 aliphatic heterocycles. The summed E-state index contributed by atoms with van der Waals surface area (Å²) < 4.78 is 10.8. The van der Waals surface area contributed by atoms with E-state index in [0.29, 0.717) is 36.1 Å². The molecule has 0 radical (unpaired) electrons. The number of methoxy groups -OCH3 is 1. The Kier molecular flexibility index (Phi) is 5.66. The molecule has 0 spiro atoms. The number of carbonyl (C=O) groups is 1. The van der Waals surface area contributed by atoms with E-state index in [0.717, 1.165) is 19.4 Å². The van der Waals surface area contributed by atoms with E-state index in [1.165, 1.54) is 0 Å². The lowest BCUT2D eigenvalue weighted by Crippen LogP contribution is -2.49. The van der Waals surface area contributed by atoms with Crippen molar-refractivity contribution in [1.82, 2.24) is 4.90 Å². The van der Waals surface area contributed by atoms with Crippen LogP contribution in [0.4, 0.5) is 0 Å². The Labute approximate surface area is 132 Å². The molecule has 2 unspecified atom stereocenters. The minimum Gasteiger partial charge on any atom is -0.493 e. The van der Waals surface area contributed by atoms with Crippen molar-refractivity contribution in [1.29, 1.82) is 0 Å². The zero-order valence-corrected chi connectivity index (χ0v) is 13.7. The number of piperidine rings is 1. The largest absolute Gasteiger partial charge is 0.493 e. The summed E-state index contributed by atoms with van der Waals surface area (Å²) in [5, 5.41) is 0. The van der Waals surface area contributed by atoms with E-state index in [1.54, 1.807) is 25.3 Å². The van der Waals surface area contributed by atoms with E-state index < -0.39 is 0 Å². The fourth-order valence-electron chi connectivity index (χ4n) is 2.98. The van der Waals surface area contributed by atoms with Gasteiger partial charge in [0, 0.05) is 24.7 Å². The maximum Gasteiger partial charge on any atom is 0.254 e. The highest BCUT2D eigenvalue weighted by molar-refractivity contribution is 5.95. The molecular weight excluding hydrogens is 280 g/mol. The summed E-state index contributed by atoms with van der Waals surface area (Å²) in [6, 6.07) is 5.45. The van der Waals surface area contributed by atoms with Crippen LogP contribution in [-0.2, 0) is 0 Å².